The quantitative estimate of drug-likeness (QED) is 0.792. The van der Waals surface area contributed by atoms with E-state index < -0.39 is 18.0 Å². The van der Waals surface area contributed by atoms with Gasteiger partial charge in [0.05, 0.1) is 10.7 Å². The van der Waals surface area contributed by atoms with Crippen LogP contribution in [0, 0.1) is 0 Å². The van der Waals surface area contributed by atoms with Crippen molar-refractivity contribution in [3.63, 3.8) is 0 Å². The molecular weight excluding hydrogens is 354 g/mol. The number of benzene rings is 1. The molecule has 0 bridgehead atoms. The zero-order valence-corrected chi connectivity index (χ0v) is 14.4. The highest BCUT2D eigenvalue weighted by Crippen LogP contribution is 2.21. The highest BCUT2D eigenvalue weighted by atomic mass is 35.5. The molecule has 2 rings (SSSR count). The second kappa shape index (κ2) is 7.89. The third-order valence-electron chi connectivity index (χ3n) is 2.78. The van der Waals surface area contributed by atoms with Gasteiger partial charge < -0.3 is 15.4 Å². The Balaban J connectivity index is 1.95. The number of carbonyl (C=O) groups is 3. The molecule has 0 aliphatic carbocycles. The standard InChI is InChI=1S/C15H14ClN3O4S/c1-8(13(21)18-11-6-4-3-5-10(11)16)23-14(22)12-7-24-15(19-12)17-9(2)20/h3-8H,1-2H3,(H,18,21)(H,17,19,20). The molecule has 1 atom stereocenters. The normalized spacial score (nSPS) is 11.5. The van der Waals surface area contributed by atoms with E-state index in [0.29, 0.717) is 10.7 Å². The van der Waals surface area contributed by atoms with E-state index in [0.717, 1.165) is 11.3 Å². The third kappa shape index (κ3) is 4.77. The van der Waals surface area contributed by atoms with Crippen LogP contribution in [0.2, 0.25) is 5.02 Å². The number of nitrogens with one attached hydrogen (secondary N) is 2. The maximum Gasteiger partial charge on any atom is 0.358 e. The monoisotopic (exact) mass is 367 g/mol. The van der Waals surface area contributed by atoms with E-state index in [9.17, 15) is 14.4 Å². The summed E-state index contributed by atoms with van der Waals surface area (Å²) in [4.78, 5) is 38.9. The average molecular weight is 368 g/mol. The molecule has 1 aromatic carbocycles. The van der Waals surface area contributed by atoms with Crippen molar-refractivity contribution < 1.29 is 19.1 Å². The van der Waals surface area contributed by atoms with Crippen LogP contribution in [0.15, 0.2) is 29.6 Å². The number of amides is 2. The summed E-state index contributed by atoms with van der Waals surface area (Å²) >= 11 is 7.04. The Hall–Kier alpha value is -2.45. The molecule has 2 aromatic rings. The molecule has 24 heavy (non-hydrogen) atoms. The number of ether oxygens (including phenoxy) is 1. The molecule has 0 aliphatic rings. The van der Waals surface area contributed by atoms with Gasteiger partial charge in [0.1, 0.15) is 0 Å². The first-order chi connectivity index (χ1) is 11.4. The Kier molecular flexibility index (Phi) is 5.88. The Labute approximate surface area is 147 Å². The Morgan fingerprint density at radius 3 is 2.62 bits per heavy atom. The fourth-order valence-electron chi connectivity index (χ4n) is 1.65. The zero-order chi connectivity index (χ0) is 17.7. The fourth-order valence-corrected chi connectivity index (χ4v) is 2.56. The average Bonchev–Trinajstić information content (AvgIpc) is 2.97. The van der Waals surface area contributed by atoms with Crippen LogP contribution in [0.5, 0.6) is 0 Å². The summed E-state index contributed by atoms with van der Waals surface area (Å²) in [5, 5.41) is 7.13. The van der Waals surface area contributed by atoms with Crippen molar-refractivity contribution in [3.8, 4) is 0 Å². The Morgan fingerprint density at radius 1 is 1.25 bits per heavy atom. The van der Waals surface area contributed by atoms with Crippen molar-refractivity contribution in [2.75, 3.05) is 10.6 Å². The first-order valence-corrected chi connectivity index (χ1v) is 8.12. The second-order valence-electron chi connectivity index (χ2n) is 4.74. The molecule has 0 saturated heterocycles. The lowest BCUT2D eigenvalue weighted by Gasteiger charge is -2.13. The van der Waals surface area contributed by atoms with E-state index in [1.54, 1.807) is 24.3 Å². The number of halogens is 1. The summed E-state index contributed by atoms with van der Waals surface area (Å²) in [6.07, 6.45) is -1.04. The number of anilines is 2. The lowest BCUT2D eigenvalue weighted by atomic mass is 10.3. The first kappa shape index (κ1) is 17.9. The smallest absolute Gasteiger partial charge is 0.358 e. The largest absolute Gasteiger partial charge is 0.448 e. The van der Waals surface area contributed by atoms with Gasteiger partial charge in [-0.05, 0) is 19.1 Å². The van der Waals surface area contributed by atoms with Crippen molar-refractivity contribution in [1.29, 1.82) is 0 Å². The van der Waals surface area contributed by atoms with Crippen molar-refractivity contribution in [1.82, 2.24) is 4.98 Å². The number of aromatic nitrogens is 1. The van der Waals surface area contributed by atoms with Crippen LogP contribution < -0.4 is 10.6 Å². The molecular formula is C15H14ClN3O4S. The minimum Gasteiger partial charge on any atom is -0.448 e. The van der Waals surface area contributed by atoms with Crippen molar-refractivity contribution in [2.45, 2.75) is 20.0 Å². The summed E-state index contributed by atoms with van der Waals surface area (Å²) in [6.45, 7) is 2.77. The van der Waals surface area contributed by atoms with Gasteiger partial charge in [0, 0.05) is 12.3 Å². The van der Waals surface area contributed by atoms with Gasteiger partial charge in [0.25, 0.3) is 5.91 Å². The summed E-state index contributed by atoms with van der Waals surface area (Å²) in [7, 11) is 0. The Bertz CT molecular complexity index is 778. The molecule has 9 heteroatoms. The van der Waals surface area contributed by atoms with E-state index in [-0.39, 0.29) is 16.7 Å². The summed E-state index contributed by atoms with van der Waals surface area (Å²) < 4.78 is 5.07. The van der Waals surface area contributed by atoms with Gasteiger partial charge in [-0.15, -0.1) is 11.3 Å². The lowest BCUT2D eigenvalue weighted by molar-refractivity contribution is -0.123. The molecule has 2 N–H and O–H groups in total. The van der Waals surface area contributed by atoms with E-state index in [2.05, 4.69) is 15.6 Å². The predicted octanol–water partition coefficient (Wildman–Crippen LogP) is 2.94. The van der Waals surface area contributed by atoms with E-state index in [1.807, 2.05) is 0 Å². The van der Waals surface area contributed by atoms with Gasteiger partial charge >= 0.3 is 5.97 Å². The number of esters is 1. The molecule has 126 valence electrons. The predicted molar refractivity (Wildman–Crippen MR) is 91.4 cm³/mol. The number of para-hydroxylation sites is 1. The highest BCUT2D eigenvalue weighted by molar-refractivity contribution is 7.14. The molecule has 0 spiro atoms. The maximum atomic E-state index is 12.1. The second-order valence-corrected chi connectivity index (χ2v) is 6.00. The number of nitrogens with zero attached hydrogens (tertiary/aromatic N) is 1. The third-order valence-corrected chi connectivity index (χ3v) is 3.87. The topological polar surface area (TPSA) is 97.4 Å². The molecule has 1 unspecified atom stereocenters. The van der Waals surface area contributed by atoms with Crippen LogP contribution >= 0.6 is 22.9 Å². The summed E-state index contributed by atoms with van der Waals surface area (Å²) in [5.41, 5.74) is 0.440. The van der Waals surface area contributed by atoms with Crippen LogP contribution in [0.25, 0.3) is 0 Å². The number of thiazole rings is 1. The molecule has 0 fully saturated rings. The molecule has 7 nitrogen and oxygen atoms in total. The summed E-state index contributed by atoms with van der Waals surface area (Å²) in [6, 6.07) is 6.72. The lowest BCUT2D eigenvalue weighted by Crippen LogP contribution is -2.30. The van der Waals surface area contributed by atoms with Crippen LogP contribution in [-0.4, -0.2) is 28.9 Å². The van der Waals surface area contributed by atoms with Gasteiger partial charge in [0.15, 0.2) is 16.9 Å². The maximum absolute atomic E-state index is 12.1. The van der Waals surface area contributed by atoms with Gasteiger partial charge in [-0.3, -0.25) is 9.59 Å². The van der Waals surface area contributed by atoms with Crippen LogP contribution in [0.1, 0.15) is 24.3 Å². The molecule has 1 heterocycles. The minimum absolute atomic E-state index is 0.0149. The van der Waals surface area contributed by atoms with Crippen molar-refractivity contribution in [2.24, 2.45) is 0 Å². The molecule has 1 aromatic heterocycles. The van der Waals surface area contributed by atoms with Gasteiger partial charge in [0.2, 0.25) is 5.91 Å². The number of rotatable bonds is 5. The SMILES string of the molecule is CC(=O)Nc1nc(C(=O)OC(C)C(=O)Nc2ccccc2Cl)cs1. The minimum atomic E-state index is -1.04. The fraction of sp³-hybridized carbons (Fsp3) is 0.200. The van der Waals surface area contributed by atoms with E-state index in [4.69, 9.17) is 16.3 Å². The van der Waals surface area contributed by atoms with Crippen molar-refractivity contribution >= 4 is 51.5 Å². The molecule has 2 amide bonds. The number of hydrogen-bond acceptors (Lipinski definition) is 6. The van der Waals surface area contributed by atoms with Gasteiger partial charge in [-0.2, -0.15) is 0 Å². The first-order valence-electron chi connectivity index (χ1n) is 6.86. The molecule has 0 saturated carbocycles. The van der Waals surface area contributed by atoms with Crippen LogP contribution in [0.4, 0.5) is 10.8 Å². The van der Waals surface area contributed by atoms with Gasteiger partial charge in [-0.1, -0.05) is 23.7 Å². The van der Waals surface area contributed by atoms with Crippen molar-refractivity contribution in [3.05, 3.63) is 40.4 Å². The number of hydrogen-bond donors (Lipinski definition) is 2. The summed E-state index contributed by atoms with van der Waals surface area (Å²) in [5.74, 6) is -1.57. The van der Waals surface area contributed by atoms with Crippen LogP contribution in [-0.2, 0) is 14.3 Å². The molecule has 0 aliphatic heterocycles. The Morgan fingerprint density at radius 2 is 1.96 bits per heavy atom. The van der Waals surface area contributed by atoms with Gasteiger partial charge in [-0.25, -0.2) is 9.78 Å². The zero-order valence-electron chi connectivity index (χ0n) is 12.8. The number of carbonyl (C=O) groups excluding carboxylic acids is 3. The van der Waals surface area contributed by atoms with E-state index >= 15 is 0 Å². The highest BCUT2D eigenvalue weighted by Gasteiger charge is 2.21. The van der Waals surface area contributed by atoms with E-state index in [1.165, 1.54) is 19.2 Å². The molecule has 0 radical (unpaired) electrons. The van der Waals surface area contributed by atoms with Crippen LogP contribution in [0.3, 0.4) is 0 Å².